The first kappa shape index (κ1) is 20.6. The van der Waals surface area contributed by atoms with Crippen LogP contribution in [0.5, 0.6) is 0 Å². The summed E-state index contributed by atoms with van der Waals surface area (Å²) in [4.78, 5) is 13.4. The first-order valence-corrected chi connectivity index (χ1v) is 11.0. The van der Waals surface area contributed by atoms with Crippen molar-refractivity contribution in [3.63, 3.8) is 0 Å². The van der Waals surface area contributed by atoms with Gasteiger partial charge in [0.15, 0.2) is 5.78 Å². The molecule has 0 aliphatic rings. The van der Waals surface area contributed by atoms with E-state index >= 15 is 0 Å². The van der Waals surface area contributed by atoms with Crippen LogP contribution in [-0.2, 0) is 0 Å². The van der Waals surface area contributed by atoms with E-state index in [4.69, 9.17) is 0 Å². The zero-order chi connectivity index (χ0) is 22.6. The molecule has 0 bridgehead atoms. The van der Waals surface area contributed by atoms with E-state index in [-0.39, 0.29) is 12.2 Å². The molecule has 0 aliphatic heterocycles. The number of nitrogens with zero attached hydrogens (tertiary/aromatic N) is 3. The molecular formula is C29H23N3O. The van der Waals surface area contributed by atoms with Crippen molar-refractivity contribution >= 4 is 28.1 Å². The largest absolute Gasteiger partial charge is 0.294 e. The summed E-state index contributed by atoms with van der Waals surface area (Å²) >= 11 is 0. The molecule has 33 heavy (non-hydrogen) atoms. The zero-order valence-corrected chi connectivity index (χ0v) is 18.3. The van der Waals surface area contributed by atoms with Gasteiger partial charge in [0.1, 0.15) is 5.52 Å². The molecule has 0 saturated heterocycles. The number of allylic oxidation sites excluding steroid dienone is 1. The first-order valence-electron chi connectivity index (χ1n) is 11.0. The molecule has 160 valence electrons. The van der Waals surface area contributed by atoms with Crippen LogP contribution in [0.2, 0.25) is 0 Å². The van der Waals surface area contributed by atoms with Crippen LogP contribution in [-0.4, -0.2) is 20.8 Å². The van der Waals surface area contributed by atoms with Crippen molar-refractivity contribution in [3.05, 3.63) is 131 Å². The van der Waals surface area contributed by atoms with Gasteiger partial charge in [-0.2, -0.15) is 0 Å². The number of hydrogen-bond acceptors (Lipinski definition) is 3. The maximum atomic E-state index is 13.4. The molecule has 0 amide bonds. The molecule has 0 spiro atoms. The fourth-order valence-electron chi connectivity index (χ4n) is 4.02. The summed E-state index contributed by atoms with van der Waals surface area (Å²) in [6.07, 6.45) is 0.241. The Kier molecular flexibility index (Phi) is 5.64. The van der Waals surface area contributed by atoms with Crippen LogP contribution in [0.15, 0.2) is 109 Å². The first-order chi connectivity index (χ1) is 16.2. The minimum atomic E-state index is 0.0588. The summed E-state index contributed by atoms with van der Waals surface area (Å²) in [5.41, 5.74) is 7.30. The van der Waals surface area contributed by atoms with E-state index in [1.54, 1.807) is 0 Å². The van der Waals surface area contributed by atoms with E-state index in [1.165, 1.54) is 5.56 Å². The van der Waals surface area contributed by atoms with Gasteiger partial charge in [0.25, 0.3) is 0 Å². The molecular weight excluding hydrogens is 406 g/mol. The fraction of sp³-hybridized carbons (Fsp3) is 0.0690. The zero-order valence-electron chi connectivity index (χ0n) is 18.3. The molecule has 4 aromatic carbocycles. The number of Topliss-reactive ketones (excluding diaryl/α,β-unsaturated/α-hetero) is 1. The Labute approximate surface area is 192 Å². The lowest BCUT2D eigenvalue weighted by molar-refractivity contribution is 0.0998. The quantitative estimate of drug-likeness (QED) is 0.231. The van der Waals surface area contributed by atoms with E-state index in [9.17, 15) is 4.79 Å². The van der Waals surface area contributed by atoms with Crippen molar-refractivity contribution in [3.8, 4) is 0 Å². The van der Waals surface area contributed by atoms with Crippen LogP contribution >= 0.6 is 0 Å². The molecule has 5 aromatic rings. The minimum absolute atomic E-state index is 0.0588. The average molecular weight is 430 g/mol. The lowest BCUT2D eigenvalue weighted by Crippen LogP contribution is -2.09. The number of rotatable bonds is 6. The summed E-state index contributed by atoms with van der Waals surface area (Å²) in [6, 6.07) is 35.7. The van der Waals surface area contributed by atoms with E-state index in [0.29, 0.717) is 5.56 Å². The maximum absolute atomic E-state index is 13.4. The Hall–Kier alpha value is -4.31. The smallest absolute Gasteiger partial charge is 0.167 e. The van der Waals surface area contributed by atoms with E-state index in [0.717, 1.165) is 33.4 Å². The van der Waals surface area contributed by atoms with Crippen molar-refractivity contribution in [2.75, 3.05) is 0 Å². The summed E-state index contributed by atoms with van der Waals surface area (Å²) in [5, 5.41) is 8.91. The van der Waals surface area contributed by atoms with Gasteiger partial charge in [0, 0.05) is 17.5 Å². The number of para-hydroxylation sites is 1. The molecule has 0 radical (unpaired) electrons. The third-order valence-electron chi connectivity index (χ3n) is 5.73. The highest BCUT2D eigenvalue weighted by Gasteiger charge is 2.20. The van der Waals surface area contributed by atoms with Crippen molar-refractivity contribution in [2.24, 2.45) is 0 Å². The molecule has 4 heteroatoms. The summed E-state index contributed by atoms with van der Waals surface area (Å²) in [7, 11) is 0. The monoisotopic (exact) mass is 429 g/mol. The maximum Gasteiger partial charge on any atom is 0.167 e. The third kappa shape index (κ3) is 4.23. The highest BCUT2D eigenvalue weighted by Crippen LogP contribution is 2.33. The Morgan fingerprint density at radius 2 is 1.30 bits per heavy atom. The highest BCUT2D eigenvalue weighted by molar-refractivity contribution is 6.07. The van der Waals surface area contributed by atoms with Crippen LogP contribution in [0, 0.1) is 6.92 Å². The van der Waals surface area contributed by atoms with Crippen LogP contribution in [0.3, 0.4) is 0 Å². The topological polar surface area (TPSA) is 47.8 Å². The van der Waals surface area contributed by atoms with Gasteiger partial charge in [-0.3, -0.25) is 4.79 Å². The predicted octanol–water partition coefficient (Wildman–Crippen LogP) is 6.43. The Morgan fingerprint density at radius 1 is 0.697 bits per heavy atom. The number of hydrogen-bond donors (Lipinski definition) is 0. The molecule has 1 aromatic heterocycles. The summed E-state index contributed by atoms with van der Waals surface area (Å²) < 4.78 is 1.86. The van der Waals surface area contributed by atoms with E-state index in [1.807, 2.05) is 89.6 Å². The molecule has 1 heterocycles. The second kappa shape index (κ2) is 9.05. The number of carbonyl (C=O) groups is 1. The number of carbonyl (C=O) groups excluding carboxylic acids is 1. The van der Waals surface area contributed by atoms with Gasteiger partial charge in [0.2, 0.25) is 0 Å². The standard InChI is InChI=1S/C29H23N3O/c1-21-16-18-24(19-17-21)29(32-27-15-9-8-14-26(27)30-31-32)25(22-10-4-2-5-11-22)20-28(33)23-12-6-3-7-13-23/h2-19H,20H2,1H3/b29-25-. The molecule has 5 rings (SSSR count). The predicted molar refractivity (Wildman–Crippen MR) is 133 cm³/mol. The number of benzene rings is 4. The van der Waals surface area contributed by atoms with Gasteiger partial charge in [-0.25, -0.2) is 4.68 Å². The van der Waals surface area contributed by atoms with Gasteiger partial charge >= 0.3 is 0 Å². The lowest BCUT2D eigenvalue weighted by Gasteiger charge is -2.17. The Balaban J connectivity index is 1.78. The van der Waals surface area contributed by atoms with Crippen molar-refractivity contribution in [1.29, 1.82) is 0 Å². The van der Waals surface area contributed by atoms with Gasteiger partial charge in [0.05, 0.1) is 11.2 Å². The number of aryl methyl sites for hydroxylation is 1. The number of fused-ring (bicyclic) bond motifs is 1. The van der Waals surface area contributed by atoms with Crippen molar-refractivity contribution in [2.45, 2.75) is 13.3 Å². The van der Waals surface area contributed by atoms with E-state index < -0.39 is 0 Å². The second-order valence-electron chi connectivity index (χ2n) is 8.02. The molecule has 0 aliphatic carbocycles. The molecule has 0 unspecified atom stereocenters. The molecule has 0 fully saturated rings. The molecule has 0 atom stereocenters. The molecule has 0 saturated carbocycles. The second-order valence-corrected chi connectivity index (χ2v) is 8.02. The highest BCUT2D eigenvalue weighted by atomic mass is 16.1. The summed E-state index contributed by atoms with van der Waals surface area (Å²) in [5.74, 6) is 0.0588. The minimum Gasteiger partial charge on any atom is -0.294 e. The van der Waals surface area contributed by atoms with Crippen molar-refractivity contribution in [1.82, 2.24) is 15.0 Å². The van der Waals surface area contributed by atoms with Gasteiger partial charge in [-0.1, -0.05) is 108 Å². The number of ketones is 1. The number of aromatic nitrogens is 3. The van der Waals surface area contributed by atoms with Crippen LogP contribution < -0.4 is 0 Å². The normalized spacial score (nSPS) is 11.9. The SMILES string of the molecule is Cc1ccc(/C(=C(\CC(=O)c2ccccc2)c2ccccc2)n2nnc3ccccc32)cc1. The van der Waals surface area contributed by atoms with Crippen LogP contribution in [0.25, 0.3) is 22.3 Å². The average Bonchev–Trinajstić information content (AvgIpc) is 3.29. The van der Waals surface area contributed by atoms with Gasteiger partial charge in [-0.15, -0.1) is 5.10 Å². The van der Waals surface area contributed by atoms with Gasteiger partial charge in [-0.05, 0) is 30.2 Å². The van der Waals surface area contributed by atoms with Gasteiger partial charge < -0.3 is 0 Å². The van der Waals surface area contributed by atoms with E-state index in [2.05, 4.69) is 41.5 Å². The summed E-state index contributed by atoms with van der Waals surface area (Å²) in [6.45, 7) is 2.06. The lowest BCUT2D eigenvalue weighted by atomic mass is 9.92. The Morgan fingerprint density at radius 3 is 2.00 bits per heavy atom. The third-order valence-corrected chi connectivity index (χ3v) is 5.73. The fourth-order valence-corrected chi connectivity index (χ4v) is 4.02. The molecule has 4 nitrogen and oxygen atoms in total. The van der Waals surface area contributed by atoms with Crippen LogP contribution in [0.4, 0.5) is 0 Å². The Bertz CT molecular complexity index is 1430. The molecule has 0 N–H and O–H groups in total. The van der Waals surface area contributed by atoms with Crippen molar-refractivity contribution < 1.29 is 4.79 Å². The van der Waals surface area contributed by atoms with Crippen LogP contribution in [0.1, 0.15) is 33.5 Å².